The van der Waals surface area contributed by atoms with Crippen LogP contribution in [0.5, 0.6) is 0 Å². The van der Waals surface area contributed by atoms with Crippen LogP contribution in [0.4, 0.5) is 0 Å². The first kappa shape index (κ1) is 12.7. The zero-order valence-electron chi connectivity index (χ0n) is 10.2. The molecule has 1 aliphatic rings. The minimum Gasteiger partial charge on any atom is -0.481 e. The summed E-state index contributed by atoms with van der Waals surface area (Å²) in [5.74, 6) is -1.29. The number of carbonyl (C=O) groups is 2. The van der Waals surface area contributed by atoms with Crippen LogP contribution in [0.2, 0.25) is 0 Å². The van der Waals surface area contributed by atoms with Crippen molar-refractivity contribution >= 4 is 34.5 Å². The fourth-order valence-corrected chi connectivity index (χ4v) is 1.72. The van der Waals surface area contributed by atoms with Gasteiger partial charge in [0.05, 0.1) is 17.9 Å². The second kappa shape index (κ2) is 6.30. The molecule has 1 aliphatic heterocycles. The molecule has 0 bridgehead atoms. The molecule has 5 heteroatoms. The van der Waals surface area contributed by atoms with Crippen molar-refractivity contribution in [3.8, 4) is 0 Å². The first-order chi connectivity index (χ1) is 7.36. The van der Waals surface area contributed by atoms with Gasteiger partial charge in [0, 0.05) is 1.37 Å². The lowest BCUT2D eigenvalue weighted by atomic mass is 9.75. The highest BCUT2D eigenvalue weighted by Gasteiger charge is 2.45. The maximum Gasteiger partial charge on any atom is 0.308 e. The Morgan fingerprint density at radius 1 is 1.60 bits per heavy atom. The average molecular weight is 328 g/mol. The van der Waals surface area contributed by atoms with Gasteiger partial charge in [0.1, 0.15) is 0 Å². The Labute approximate surface area is 105 Å². The summed E-state index contributed by atoms with van der Waals surface area (Å²) in [4.78, 5) is 22.2. The van der Waals surface area contributed by atoms with Crippen molar-refractivity contribution < 1.29 is 16.1 Å². The fourth-order valence-electron chi connectivity index (χ4n) is 1.72. The Balaban J connectivity index is 0.000000673. The Bertz CT molecular complexity index is 260. The standard InChI is InChI=1S/C9H15NO3.CH3I/c1-4(2)6-7(10-8(6)11)5(3)9(12)13;1-2/h4-7H,1-3H3,(H,10,11)(H,12,13);1H3/t5-,6-,7-;/m1./s1/i;1D. The quantitative estimate of drug-likeness (QED) is 0.469. The molecule has 0 aromatic rings. The normalized spacial score (nSPS) is 26.7. The van der Waals surface area contributed by atoms with E-state index < -0.39 is 11.9 Å². The van der Waals surface area contributed by atoms with Gasteiger partial charge in [-0.25, -0.2) is 0 Å². The number of β-lactam (4-membered cyclic amide) rings is 1. The molecule has 1 fully saturated rings. The number of hydrogen-bond acceptors (Lipinski definition) is 2. The van der Waals surface area contributed by atoms with Gasteiger partial charge in [-0.1, -0.05) is 36.4 Å². The van der Waals surface area contributed by atoms with Gasteiger partial charge in [0.25, 0.3) is 0 Å². The van der Waals surface area contributed by atoms with Crippen LogP contribution < -0.4 is 5.32 Å². The van der Waals surface area contributed by atoms with Crippen LogP contribution in [0.1, 0.15) is 22.1 Å². The maximum absolute atomic E-state index is 11.1. The van der Waals surface area contributed by atoms with Gasteiger partial charge in [-0.05, 0) is 17.7 Å². The van der Waals surface area contributed by atoms with Gasteiger partial charge in [-0.15, -0.1) is 0 Å². The molecule has 0 unspecified atom stereocenters. The number of aliphatic carboxylic acids is 1. The van der Waals surface area contributed by atoms with Crippen molar-refractivity contribution in [1.29, 1.82) is 0 Å². The number of carboxylic acid groups (broad SMARTS) is 1. The fraction of sp³-hybridized carbons (Fsp3) is 0.800. The van der Waals surface area contributed by atoms with Crippen LogP contribution in [-0.2, 0) is 9.59 Å². The van der Waals surface area contributed by atoms with Gasteiger partial charge in [-0.3, -0.25) is 9.59 Å². The van der Waals surface area contributed by atoms with Gasteiger partial charge >= 0.3 is 5.97 Å². The SMILES string of the molecule is CC(C)[C@H]1C(=O)N[C@@H]1[C@@H](C)C(=O)O.[2H]CI. The van der Waals surface area contributed by atoms with Gasteiger partial charge < -0.3 is 10.4 Å². The minimum absolute atomic E-state index is 0.0203. The summed E-state index contributed by atoms with van der Waals surface area (Å²) >= 11 is 1.96. The molecule has 1 saturated heterocycles. The molecule has 0 aromatic carbocycles. The van der Waals surface area contributed by atoms with Crippen LogP contribution in [0.25, 0.3) is 0 Å². The number of amides is 1. The third-order valence-electron chi connectivity index (χ3n) is 2.65. The monoisotopic (exact) mass is 328 g/mol. The van der Waals surface area contributed by atoms with E-state index in [0.29, 0.717) is 4.91 Å². The van der Waals surface area contributed by atoms with Gasteiger partial charge in [0.15, 0.2) is 0 Å². The lowest BCUT2D eigenvalue weighted by Gasteiger charge is -2.41. The largest absolute Gasteiger partial charge is 0.481 e. The molecule has 1 rings (SSSR count). The van der Waals surface area contributed by atoms with Gasteiger partial charge in [-0.2, -0.15) is 0 Å². The topological polar surface area (TPSA) is 66.4 Å². The Kier molecular flexibility index (Phi) is 5.35. The molecule has 3 atom stereocenters. The van der Waals surface area contributed by atoms with E-state index in [1.54, 1.807) is 6.92 Å². The molecule has 1 heterocycles. The van der Waals surface area contributed by atoms with Crippen LogP contribution in [0.15, 0.2) is 0 Å². The third kappa shape index (κ3) is 3.32. The van der Waals surface area contributed by atoms with Crippen LogP contribution in [0.3, 0.4) is 0 Å². The van der Waals surface area contributed by atoms with E-state index in [-0.39, 0.29) is 23.8 Å². The molecule has 1 amide bonds. The van der Waals surface area contributed by atoms with E-state index in [9.17, 15) is 9.59 Å². The van der Waals surface area contributed by atoms with E-state index in [1.165, 1.54) is 0 Å². The number of hydrogen-bond donors (Lipinski definition) is 2. The Morgan fingerprint density at radius 2 is 2.07 bits per heavy atom. The van der Waals surface area contributed by atoms with Crippen LogP contribution in [0, 0.1) is 17.8 Å². The molecule has 0 aliphatic carbocycles. The van der Waals surface area contributed by atoms with Crippen molar-refractivity contribution in [2.75, 3.05) is 4.91 Å². The molecule has 0 aromatic heterocycles. The van der Waals surface area contributed by atoms with E-state index >= 15 is 0 Å². The molecular formula is C10H18INO3. The number of nitrogens with one attached hydrogen (secondary N) is 1. The lowest BCUT2D eigenvalue weighted by molar-refractivity contribution is -0.149. The second-order valence-electron chi connectivity index (χ2n) is 3.93. The molecule has 0 radical (unpaired) electrons. The molecular weight excluding hydrogens is 309 g/mol. The summed E-state index contributed by atoms with van der Waals surface area (Å²) in [6.45, 7) is 5.50. The van der Waals surface area contributed by atoms with E-state index in [1.807, 2.05) is 36.4 Å². The molecule has 4 nitrogen and oxygen atoms in total. The summed E-state index contributed by atoms with van der Waals surface area (Å²) in [7, 11) is 0. The Hall–Kier alpha value is -0.330. The molecule has 0 saturated carbocycles. The summed E-state index contributed by atoms with van der Waals surface area (Å²) in [5, 5.41) is 11.4. The molecule has 88 valence electrons. The maximum atomic E-state index is 11.1. The predicted molar refractivity (Wildman–Crippen MR) is 67.0 cm³/mol. The first-order valence-electron chi connectivity index (χ1n) is 5.45. The predicted octanol–water partition coefficient (Wildman–Crippen LogP) is 1.53. The van der Waals surface area contributed by atoms with E-state index in [2.05, 4.69) is 5.32 Å². The zero-order chi connectivity index (χ0) is 12.9. The lowest BCUT2D eigenvalue weighted by Crippen LogP contribution is -2.63. The second-order valence-corrected chi connectivity index (χ2v) is 3.93. The highest BCUT2D eigenvalue weighted by molar-refractivity contribution is 14.1. The van der Waals surface area contributed by atoms with Crippen molar-refractivity contribution in [3.05, 3.63) is 0 Å². The van der Waals surface area contributed by atoms with Gasteiger partial charge in [0.2, 0.25) is 5.91 Å². The highest BCUT2D eigenvalue weighted by atomic mass is 127. The van der Waals surface area contributed by atoms with Crippen LogP contribution in [-0.4, -0.2) is 27.9 Å². The number of halogens is 1. The number of alkyl halides is 1. The Morgan fingerprint density at radius 3 is 2.33 bits per heavy atom. The highest BCUT2D eigenvalue weighted by Crippen LogP contribution is 2.28. The third-order valence-corrected chi connectivity index (χ3v) is 2.65. The summed E-state index contributed by atoms with van der Waals surface area (Å²) in [5.41, 5.74) is 0. The summed E-state index contributed by atoms with van der Waals surface area (Å²) in [6, 6.07) is -0.190. The molecule has 15 heavy (non-hydrogen) atoms. The minimum atomic E-state index is -0.851. The number of carboxylic acids is 1. The molecule has 2 N–H and O–H groups in total. The number of rotatable bonds is 3. The smallest absolute Gasteiger partial charge is 0.308 e. The van der Waals surface area contributed by atoms with E-state index in [0.717, 1.165) is 0 Å². The first-order valence-corrected chi connectivity index (χ1v) is 6.27. The van der Waals surface area contributed by atoms with Crippen molar-refractivity contribution in [2.45, 2.75) is 26.8 Å². The van der Waals surface area contributed by atoms with Crippen molar-refractivity contribution in [3.63, 3.8) is 0 Å². The number of carbonyl (C=O) groups excluding carboxylic acids is 1. The van der Waals surface area contributed by atoms with Crippen LogP contribution >= 0.6 is 22.6 Å². The zero-order valence-corrected chi connectivity index (χ0v) is 11.3. The summed E-state index contributed by atoms with van der Waals surface area (Å²) in [6.07, 6.45) is 0. The van der Waals surface area contributed by atoms with Crippen molar-refractivity contribution in [1.82, 2.24) is 5.32 Å². The molecule has 0 spiro atoms. The van der Waals surface area contributed by atoms with Crippen molar-refractivity contribution in [2.24, 2.45) is 17.8 Å². The van der Waals surface area contributed by atoms with E-state index in [4.69, 9.17) is 6.48 Å². The average Bonchev–Trinajstić information content (AvgIpc) is 2.12. The summed E-state index contributed by atoms with van der Waals surface area (Å²) < 4.78 is 6.20.